The number of aryl methyl sites for hydroxylation is 1. The fourth-order valence-electron chi connectivity index (χ4n) is 3.26. The van der Waals surface area contributed by atoms with Gasteiger partial charge in [0.2, 0.25) is 5.91 Å². The van der Waals surface area contributed by atoms with Crippen LogP contribution in [-0.2, 0) is 11.3 Å². The maximum absolute atomic E-state index is 12.8. The van der Waals surface area contributed by atoms with Gasteiger partial charge in [0.1, 0.15) is 0 Å². The summed E-state index contributed by atoms with van der Waals surface area (Å²) in [5, 5.41) is 0.474. The first-order valence-corrected chi connectivity index (χ1v) is 11.1. The molecule has 2 aromatic rings. The third-order valence-electron chi connectivity index (χ3n) is 5.37. The van der Waals surface area contributed by atoms with Gasteiger partial charge in [-0.3, -0.25) is 14.6 Å². The molecule has 0 atom stereocenters. The number of carbonyl (C=O) groups excluding carboxylic acids is 2. The number of benzene rings is 2. The summed E-state index contributed by atoms with van der Waals surface area (Å²) in [5.41, 5.74) is 2.68. The largest absolute Gasteiger partial charge is 0.331 e. The normalized spacial score (nSPS) is 17.0. The molecule has 2 fully saturated rings. The summed E-state index contributed by atoms with van der Waals surface area (Å²) in [6, 6.07) is 12.8. The number of amides is 3. The van der Waals surface area contributed by atoms with Gasteiger partial charge in [-0.05, 0) is 36.6 Å². The standard InChI is InChI=1S/C18H16BrClN2O2.C5H10/c1-12-2-4-13(5-3-12)11-22-17(23)8-9-21(18(22)24)16-7-6-14(19)10-15(16)20;1-5-3-2-4-5/h2-7,10H,8-9,11H2,1H3;5H,2-4H2,1H3. The number of halogens is 2. The molecular weight excluding hydrogens is 452 g/mol. The number of anilines is 1. The zero-order valence-corrected chi connectivity index (χ0v) is 19.2. The van der Waals surface area contributed by atoms with E-state index in [0.29, 0.717) is 17.3 Å². The monoisotopic (exact) mass is 476 g/mol. The maximum Gasteiger partial charge on any atom is 0.331 e. The summed E-state index contributed by atoms with van der Waals surface area (Å²) in [6.45, 7) is 4.91. The number of urea groups is 1. The second-order valence-corrected chi connectivity index (χ2v) is 9.10. The Morgan fingerprint density at radius 1 is 1.10 bits per heavy atom. The predicted molar refractivity (Wildman–Crippen MR) is 121 cm³/mol. The average Bonchev–Trinajstić information content (AvgIpc) is 2.66. The Balaban J connectivity index is 0.000000419. The molecule has 2 aromatic carbocycles. The quantitative estimate of drug-likeness (QED) is 0.501. The van der Waals surface area contributed by atoms with E-state index in [1.165, 1.54) is 24.2 Å². The smallest absolute Gasteiger partial charge is 0.292 e. The first-order chi connectivity index (χ1) is 13.8. The number of hydrogen-bond acceptors (Lipinski definition) is 2. The SMILES string of the molecule is CC1CCC1.Cc1ccc(CN2C(=O)CCN(c3ccc(Br)cc3Cl)C2=O)cc1. The predicted octanol–water partition coefficient (Wildman–Crippen LogP) is 6.58. The summed E-state index contributed by atoms with van der Waals surface area (Å²) in [4.78, 5) is 27.9. The molecule has 0 aromatic heterocycles. The zero-order valence-electron chi connectivity index (χ0n) is 16.8. The lowest BCUT2D eigenvalue weighted by Gasteiger charge is -2.34. The fraction of sp³-hybridized carbons (Fsp3) is 0.391. The first-order valence-electron chi connectivity index (χ1n) is 9.97. The first kappa shape index (κ1) is 21.8. The third kappa shape index (κ3) is 5.61. The molecule has 6 heteroatoms. The highest BCUT2D eigenvalue weighted by atomic mass is 79.9. The van der Waals surface area contributed by atoms with Crippen LogP contribution in [0.5, 0.6) is 0 Å². The van der Waals surface area contributed by atoms with Crippen molar-refractivity contribution in [2.75, 3.05) is 11.4 Å². The van der Waals surface area contributed by atoms with Gasteiger partial charge in [0.25, 0.3) is 0 Å². The van der Waals surface area contributed by atoms with Crippen molar-refractivity contribution in [1.82, 2.24) is 4.90 Å². The molecule has 0 spiro atoms. The van der Waals surface area contributed by atoms with Crippen molar-refractivity contribution < 1.29 is 9.59 Å². The second kappa shape index (κ2) is 9.77. The molecule has 4 nitrogen and oxygen atoms in total. The van der Waals surface area contributed by atoms with Crippen molar-refractivity contribution in [1.29, 1.82) is 0 Å². The number of rotatable bonds is 3. The molecule has 1 aliphatic carbocycles. The minimum atomic E-state index is -0.337. The Labute approximate surface area is 186 Å². The topological polar surface area (TPSA) is 40.6 Å². The van der Waals surface area contributed by atoms with Crippen LogP contribution in [0.25, 0.3) is 0 Å². The molecule has 1 aliphatic heterocycles. The lowest BCUT2D eigenvalue weighted by molar-refractivity contribution is -0.129. The summed E-state index contributed by atoms with van der Waals surface area (Å²) >= 11 is 9.62. The van der Waals surface area contributed by atoms with Crippen LogP contribution in [-0.4, -0.2) is 23.4 Å². The van der Waals surface area contributed by atoms with Crippen molar-refractivity contribution >= 4 is 45.2 Å². The third-order valence-corrected chi connectivity index (χ3v) is 6.16. The lowest BCUT2D eigenvalue weighted by atomic mass is 9.88. The molecule has 0 bridgehead atoms. The van der Waals surface area contributed by atoms with Crippen LogP contribution in [0, 0.1) is 12.8 Å². The summed E-state index contributed by atoms with van der Waals surface area (Å²) in [5.74, 6) is 0.903. The van der Waals surface area contributed by atoms with E-state index in [9.17, 15) is 9.59 Å². The van der Waals surface area contributed by atoms with Crippen LogP contribution >= 0.6 is 27.5 Å². The van der Waals surface area contributed by atoms with E-state index in [2.05, 4.69) is 22.9 Å². The molecule has 1 saturated carbocycles. The molecule has 1 heterocycles. The fourth-order valence-corrected chi connectivity index (χ4v) is 4.03. The van der Waals surface area contributed by atoms with Crippen LogP contribution in [0.2, 0.25) is 5.02 Å². The Morgan fingerprint density at radius 2 is 1.76 bits per heavy atom. The van der Waals surface area contributed by atoms with Crippen LogP contribution < -0.4 is 4.90 Å². The molecular formula is C23H26BrClN2O2. The molecule has 0 N–H and O–H groups in total. The van der Waals surface area contributed by atoms with E-state index in [4.69, 9.17) is 11.6 Å². The van der Waals surface area contributed by atoms with Gasteiger partial charge in [0.05, 0.1) is 17.3 Å². The minimum absolute atomic E-state index is 0.162. The average molecular weight is 478 g/mol. The minimum Gasteiger partial charge on any atom is -0.292 e. The van der Waals surface area contributed by atoms with Crippen molar-refractivity contribution in [3.8, 4) is 0 Å². The highest BCUT2D eigenvalue weighted by Gasteiger charge is 2.33. The second-order valence-electron chi connectivity index (χ2n) is 7.78. The van der Waals surface area contributed by atoms with E-state index in [1.807, 2.05) is 37.3 Å². The molecule has 2 aliphatic rings. The van der Waals surface area contributed by atoms with Gasteiger partial charge < -0.3 is 0 Å². The number of imide groups is 1. The Morgan fingerprint density at radius 3 is 2.31 bits per heavy atom. The molecule has 154 valence electrons. The zero-order chi connectivity index (χ0) is 21.0. The van der Waals surface area contributed by atoms with Gasteiger partial charge in [-0.1, -0.05) is 83.5 Å². The van der Waals surface area contributed by atoms with E-state index in [-0.39, 0.29) is 24.9 Å². The van der Waals surface area contributed by atoms with Gasteiger partial charge >= 0.3 is 6.03 Å². The van der Waals surface area contributed by atoms with E-state index >= 15 is 0 Å². The van der Waals surface area contributed by atoms with E-state index in [1.54, 1.807) is 17.0 Å². The summed E-state index contributed by atoms with van der Waals surface area (Å²) in [7, 11) is 0. The Hall–Kier alpha value is -1.85. The number of nitrogens with zero attached hydrogens (tertiary/aromatic N) is 2. The van der Waals surface area contributed by atoms with Gasteiger partial charge in [-0.15, -0.1) is 0 Å². The van der Waals surface area contributed by atoms with Crippen molar-refractivity contribution in [2.24, 2.45) is 5.92 Å². The Bertz CT molecular complexity index is 881. The molecule has 29 heavy (non-hydrogen) atoms. The van der Waals surface area contributed by atoms with Crippen molar-refractivity contribution in [3.05, 3.63) is 63.1 Å². The van der Waals surface area contributed by atoms with Gasteiger partial charge in [0, 0.05) is 17.4 Å². The molecule has 1 saturated heterocycles. The van der Waals surface area contributed by atoms with Gasteiger partial charge in [0.15, 0.2) is 0 Å². The van der Waals surface area contributed by atoms with Gasteiger partial charge in [-0.2, -0.15) is 0 Å². The van der Waals surface area contributed by atoms with Crippen LogP contribution in [0.1, 0.15) is 43.7 Å². The Kier molecular flexibility index (Phi) is 7.36. The van der Waals surface area contributed by atoms with Crippen molar-refractivity contribution in [3.63, 3.8) is 0 Å². The van der Waals surface area contributed by atoms with E-state index in [0.717, 1.165) is 21.5 Å². The maximum atomic E-state index is 12.8. The van der Waals surface area contributed by atoms with E-state index < -0.39 is 0 Å². The van der Waals surface area contributed by atoms with Crippen LogP contribution in [0.4, 0.5) is 10.5 Å². The number of hydrogen-bond donors (Lipinski definition) is 0. The molecule has 0 radical (unpaired) electrons. The molecule has 0 unspecified atom stereocenters. The van der Waals surface area contributed by atoms with Crippen LogP contribution in [0.3, 0.4) is 0 Å². The highest BCUT2D eigenvalue weighted by molar-refractivity contribution is 9.10. The summed E-state index contributed by atoms with van der Waals surface area (Å²) < 4.78 is 0.841. The highest BCUT2D eigenvalue weighted by Crippen LogP contribution is 2.31. The number of carbonyl (C=O) groups is 2. The molecule has 4 rings (SSSR count). The lowest BCUT2D eigenvalue weighted by Crippen LogP contribution is -2.52. The summed E-state index contributed by atoms with van der Waals surface area (Å²) in [6.07, 6.45) is 4.74. The van der Waals surface area contributed by atoms with Crippen LogP contribution in [0.15, 0.2) is 46.9 Å². The molecule has 3 amide bonds. The van der Waals surface area contributed by atoms with Gasteiger partial charge in [-0.25, -0.2) is 4.79 Å². The van der Waals surface area contributed by atoms with Crippen molar-refractivity contribution in [2.45, 2.75) is 46.1 Å².